The van der Waals surface area contributed by atoms with Crippen LogP contribution in [0.3, 0.4) is 0 Å². The molecule has 0 fully saturated rings. The second-order valence-corrected chi connectivity index (χ2v) is 6.32. The minimum absolute atomic E-state index is 0.324. The van der Waals surface area contributed by atoms with Crippen LogP contribution < -0.4 is 10.2 Å². The number of carbonyl (C=O) groups is 1. The molecule has 0 saturated carbocycles. The Morgan fingerprint density at radius 2 is 1.73 bits per heavy atom. The van der Waals surface area contributed by atoms with Gasteiger partial charge in [-0.25, -0.2) is 5.43 Å². The molecule has 22 heavy (non-hydrogen) atoms. The molecule has 0 unspecified atom stereocenters. The Bertz CT molecular complexity index is 713. The Labute approximate surface area is 145 Å². The molecule has 0 atom stereocenters. The predicted molar refractivity (Wildman–Crippen MR) is 94.5 cm³/mol. The van der Waals surface area contributed by atoms with Gasteiger partial charge >= 0.3 is 0 Å². The van der Waals surface area contributed by atoms with E-state index in [1.54, 1.807) is 12.1 Å². The van der Waals surface area contributed by atoms with Gasteiger partial charge in [0, 0.05) is 8.95 Å². The standard InChI is InChI=1S/C16H14Br2N2O2/c1-10(11-3-5-12(17)6-4-11)19-20-16(21)14-9-13(18)7-8-15(14)22-2/h3-9H,1-2H3,(H,20,21)/b19-10-. The lowest BCUT2D eigenvalue weighted by Crippen LogP contribution is -2.20. The van der Waals surface area contributed by atoms with E-state index in [-0.39, 0.29) is 5.91 Å². The van der Waals surface area contributed by atoms with Gasteiger partial charge in [0.05, 0.1) is 18.4 Å². The third-order valence-electron chi connectivity index (χ3n) is 2.99. The Kier molecular flexibility index (Phi) is 5.74. The lowest BCUT2D eigenvalue weighted by Gasteiger charge is -2.08. The zero-order valence-electron chi connectivity index (χ0n) is 12.1. The number of rotatable bonds is 4. The van der Waals surface area contributed by atoms with Crippen LogP contribution in [0.5, 0.6) is 5.75 Å². The van der Waals surface area contributed by atoms with Gasteiger partial charge in [-0.15, -0.1) is 0 Å². The van der Waals surface area contributed by atoms with Gasteiger partial charge in [0.25, 0.3) is 5.91 Å². The zero-order valence-corrected chi connectivity index (χ0v) is 15.2. The molecule has 0 aliphatic rings. The Morgan fingerprint density at radius 3 is 2.36 bits per heavy atom. The molecule has 0 spiro atoms. The monoisotopic (exact) mass is 424 g/mol. The van der Waals surface area contributed by atoms with Crippen LogP contribution in [0.25, 0.3) is 0 Å². The first-order valence-corrected chi connectivity index (χ1v) is 8.04. The van der Waals surface area contributed by atoms with E-state index in [9.17, 15) is 4.79 Å². The van der Waals surface area contributed by atoms with Crippen molar-refractivity contribution in [2.24, 2.45) is 5.10 Å². The summed E-state index contributed by atoms with van der Waals surface area (Å²) < 4.78 is 6.98. The van der Waals surface area contributed by atoms with Gasteiger partial charge in [0.2, 0.25) is 0 Å². The van der Waals surface area contributed by atoms with E-state index in [1.165, 1.54) is 7.11 Å². The predicted octanol–water partition coefficient (Wildman–Crippen LogP) is 4.37. The van der Waals surface area contributed by atoms with Crippen molar-refractivity contribution in [3.8, 4) is 5.75 Å². The molecule has 0 aliphatic carbocycles. The highest BCUT2D eigenvalue weighted by Crippen LogP contribution is 2.22. The topological polar surface area (TPSA) is 50.7 Å². The second kappa shape index (κ2) is 7.56. The molecule has 0 radical (unpaired) electrons. The summed E-state index contributed by atoms with van der Waals surface area (Å²) in [5.41, 5.74) is 4.62. The molecule has 2 rings (SSSR count). The van der Waals surface area contributed by atoms with Crippen LogP contribution in [0.1, 0.15) is 22.8 Å². The third-order valence-corrected chi connectivity index (χ3v) is 4.02. The smallest absolute Gasteiger partial charge is 0.275 e. The summed E-state index contributed by atoms with van der Waals surface area (Å²) in [6, 6.07) is 12.9. The SMILES string of the molecule is COc1ccc(Br)cc1C(=O)N/N=C(/C)c1ccc(Br)cc1. The average molecular weight is 426 g/mol. The first kappa shape index (κ1) is 16.7. The van der Waals surface area contributed by atoms with Gasteiger partial charge in [-0.2, -0.15) is 5.10 Å². The molecule has 0 aliphatic heterocycles. The van der Waals surface area contributed by atoms with Crippen molar-refractivity contribution in [3.63, 3.8) is 0 Å². The molecular formula is C16H14Br2N2O2. The highest BCUT2D eigenvalue weighted by molar-refractivity contribution is 9.10. The minimum Gasteiger partial charge on any atom is -0.496 e. The van der Waals surface area contributed by atoms with Crippen LogP contribution in [-0.4, -0.2) is 18.7 Å². The zero-order chi connectivity index (χ0) is 16.1. The van der Waals surface area contributed by atoms with Gasteiger partial charge in [-0.05, 0) is 42.8 Å². The van der Waals surface area contributed by atoms with Crippen LogP contribution in [0.4, 0.5) is 0 Å². The van der Waals surface area contributed by atoms with Gasteiger partial charge < -0.3 is 4.74 Å². The maximum absolute atomic E-state index is 12.2. The Morgan fingerprint density at radius 1 is 1.09 bits per heavy atom. The Balaban J connectivity index is 2.17. The number of benzene rings is 2. The van der Waals surface area contributed by atoms with E-state index in [4.69, 9.17) is 4.74 Å². The van der Waals surface area contributed by atoms with Gasteiger partial charge in [0.15, 0.2) is 0 Å². The molecular weight excluding hydrogens is 412 g/mol. The fourth-order valence-corrected chi connectivity index (χ4v) is 2.43. The van der Waals surface area contributed by atoms with Crippen molar-refractivity contribution >= 4 is 43.5 Å². The molecule has 2 aromatic carbocycles. The molecule has 1 N–H and O–H groups in total. The van der Waals surface area contributed by atoms with Crippen molar-refractivity contribution in [2.75, 3.05) is 7.11 Å². The minimum atomic E-state index is -0.324. The first-order chi connectivity index (χ1) is 10.5. The van der Waals surface area contributed by atoms with Crippen LogP contribution >= 0.6 is 31.9 Å². The summed E-state index contributed by atoms with van der Waals surface area (Å²) in [6.45, 7) is 1.83. The normalized spacial score (nSPS) is 11.2. The lowest BCUT2D eigenvalue weighted by atomic mass is 10.1. The van der Waals surface area contributed by atoms with E-state index >= 15 is 0 Å². The van der Waals surface area contributed by atoms with Crippen LogP contribution in [0.15, 0.2) is 56.5 Å². The maximum Gasteiger partial charge on any atom is 0.275 e. The summed E-state index contributed by atoms with van der Waals surface area (Å²) in [6.07, 6.45) is 0. The summed E-state index contributed by atoms with van der Waals surface area (Å²) in [7, 11) is 1.52. The number of ether oxygens (including phenoxy) is 1. The summed E-state index contributed by atoms with van der Waals surface area (Å²) in [5, 5.41) is 4.14. The quantitative estimate of drug-likeness (QED) is 0.583. The number of nitrogens with zero attached hydrogens (tertiary/aromatic N) is 1. The van der Waals surface area contributed by atoms with E-state index in [1.807, 2.05) is 37.3 Å². The number of hydrogen-bond donors (Lipinski definition) is 1. The molecule has 0 heterocycles. The molecule has 1 amide bonds. The van der Waals surface area contributed by atoms with Gasteiger partial charge in [0.1, 0.15) is 5.75 Å². The number of halogens is 2. The lowest BCUT2D eigenvalue weighted by molar-refractivity contribution is 0.0951. The van der Waals surface area contributed by atoms with Gasteiger partial charge in [-0.3, -0.25) is 4.79 Å². The van der Waals surface area contributed by atoms with Crippen LogP contribution in [0.2, 0.25) is 0 Å². The number of hydrazone groups is 1. The van der Waals surface area contributed by atoms with E-state index in [0.717, 1.165) is 20.2 Å². The molecule has 2 aromatic rings. The van der Waals surface area contributed by atoms with Crippen molar-refractivity contribution in [1.82, 2.24) is 5.43 Å². The summed E-state index contributed by atoms with van der Waals surface area (Å²) in [4.78, 5) is 12.2. The highest BCUT2D eigenvalue weighted by atomic mass is 79.9. The average Bonchev–Trinajstić information content (AvgIpc) is 2.53. The summed E-state index contributed by atoms with van der Waals surface area (Å²) >= 11 is 6.72. The molecule has 114 valence electrons. The largest absolute Gasteiger partial charge is 0.496 e. The first-order valence-electron chi connectivity index (χ1n) is 6.45. The fraction of sp³-hybridized carbons (Fsp3) is 0.125. The molecule has 0 saturated heterocycles. The molecule has 4 nitrogen and oxygen atoms in total. The molecule has 6 heteroatoms. The van der Waals surface area contributed by atoms with E-state index < -0.39 is 0 Å². The van der Waals surface area contributed by atoms with E-state index in [2.05, 4.69) is 42.4 Å². The number of nitrogens with one attached hydrogen (secondary N) is 1. The molecule has 0 aromatic heterocycles. The second-order valence-electron chi connectivity index (χ2n) is 4.49. The number of hydrogen-bond acceptors (Lipinski definition) is 3. The van der Waals surface area contributed by atoms with E-state index in [0.29, 0.717) is 11.3 Å². The van der Waals surface area contributed by atoms with Crippen LogP contribution in [0, 0.1) is 0 Å². The third kappa shape index (κ3) is 4.18. The van der Waals surface area contributed by atoms with Crippen LogP contribution in [-0.2, 0) is 0 Å². The van der Waals surface area contributed by atoms with Crippen molar-refractivity contribution in [2.45, 2.75) is 6.92 Å². The fourth-order valence-electron chi connectivity index (χ4n) is 1.81. The van der Waals surface area contributed by atoms with Crippen molar-refractivity contribution in [3.05, 3.63) is 62.5 Å². The Hall–Kier alpha value is -1.66. The number of methoxy groups -OCH3 is 1. The van der Waals surface area contributed by atoms with Crippen molar-refractivity contribution < 1.29 is 9.53 Å². The molecule has 0 bridgehead atoms. The number of carbonyl (C=O) groups excluding carboxylic acids is 1. The maximum atomic E-state index is 12.2. The number of amides is 1. The summed E-state index contributed by atoms with van der Waals surface area (Å²) in [5.74, 6) is 0.173. The van der Waals surface area contributed by atoms with Gasteiger partial charge in [-0.1, -0.05) is 44.0 Å². The highest BCUT2D eigenvalue weighted by Gasteiger charge is 2.12. The van der Waals surface area contributed by atoms with Crippen molar-refractivity contribution in [1.29, 1.82) is 0 Å².